The second-order valence-electron chi connectivity index (χ2n) is 6.80. The van der Waals surface area contributed by atoms with Gasteiger partial charge in [-0.25, -0.2) is 15.2 Å². The van der Waals surface area contributed by atoms with Crippen molar-refractivity contribution in [3.63, 3.8) is 0 Å². The van der Waals surface area contributed by atoms with Crippen LogP contribution in [0, 0.1) is 5.92 Å². The molecule has 2 aromatic carbocycles. The Bertz CT molecular complexity index is 1240. The van der Waals surface area contributed by atoms with Crippen molar-refractivity contribution < 1.29 is 9.21 Å². The fraction of sp³-hybridized carbons (Fsp3) is 0.143. The second kappa shape index (κ2) is 6.42. The van der Waals surface area contributed by atoms with Crippen LogP contribution >= 0.6 is 11.6 Å². The smallest absolute Gasteiger partial charge is 0.345 e. The Morgan fingerprint density at radius 3 is 2.71 bits per heavy atom. The predicted octanol–water partition coefficient (Wildman–Crippen LogP) is 3.48. The molecule has 3 heterocycles. The first kappa shape index (κ1) is 16.9. The van der Waals surface area contributed by atoms with E-state index in [0.29, 0.717) is 34.1 Å². The summed E-state index contributed by atoms with van der Waals surface area (Å²) in [7, 11) is 0. The van der Waals surface area contributed by atoms with Gasteiger partial charge in [0.1, 0.15) is 11.5 Å². The largest absolute Gasteiger partial charge is 0.422 e. The van der Waals surface area contributed by atoms with E-state index in [1.165, 1.54) is 0 Å². The SMILES string of the molecule is O=C1NN=C2N=C(c3cc4ccccc4oc3=O)CC(c3ccccc3Cl)C12. The van der Waals surface area contributed by atoms with Gasteiger partial charge in [0, 0.05) is 16.3 Å². The number of hydrogen-bond acceptors (Lipinski definition) is 5. The van der Waals surface area contributed by atoms with Gasteiger partial charge < -0.3 is 4.42 Å². The van der Waals surface area contributed by atoms with Crippen LogP contribution in [0.4, 0.5) is 0 Å². The first-order valence-electron chi connectivity index (χ1n) is 8.84. The van der Waals surface area contributed by atoms with Gasteiger partial charge in [-0.2, -0.15) is 5.10 Å². The van der Waals surface area contributed by atoms with E-state index in [4.69, 9.17) is 16.0 Å². The van der Waals surface area contributed by atoms with Crippen molar-refractivity contribution in [1.29, 1.82) is 0 Å². The van der Waals surface area contributed by atoms with Crippen LogP contribution in [0.3, 0.4) is 0 Å². The average molecular weight is 392 g/mol. The van der Waals surface area contributed by atoms with Gasteiger partial charge in [-0.1, -0.05) is 48.0 Å². The Labute approximate surface area is 164 Å². The monoisotopic (exact) mass is 391 g/mol. The molecule has 1 N–H and O–H groups in total. The third kappa shape index (κ3) is 2.65. The van der Waals surface area contributed by atoms with Crippen LogP contribution in [0.1, 0.15) is 23.5 Å². The lowest BCUT2D eigenvalue weighted by molar-refractivity contribution is -0.122. The van der Waals surface area contributed by atoms with Crippen LogP contribution in [0.2, 0.25) is 5.02 Å². The summed E-state index contributed by atoms with van der Waals surface area (Å²) >= 11 is 6.41. The Morgan fingerprint density at radius 1 is 1.07 bits per heavy atom. The standard InChI is InChI=1S/C21H14ClN3O3/c22-15-7-3-2-6-12(15)13-10-16(23-19-18(13)20(26)25-24-19)14-9-11-5-1-4-8-17(11)28-21(14)27/h1-9,13,18H,10H2,(H,25,26). The maximum Gasteiger partial charge on any atom is 0.345 e. The van der Waals surface area contributed by atoms with Crippen LogP contribution in [-0.2, 0) is 4.79 Å². The highest BCUT2D eigenvalue weighted by Crippen LogP contribution is 2.39. The number of para-hydroxylation sites is 1. The van der Waals surface area contributed by atoms with Crippen LogP contribution in [-0.4, -0.2) is 17.5 Å². The summed E-state index contributed by atoms with van der Waals surface area (Å²) in [6.45, 7) is 0. The normalized spacial score (nSPS) is 21.1. The van der Waals surface area contributed by atoms with Gasteiger partial charge in [0.05, 0.1) is 11.3 Å². The number of halogens is 1. The van der Waals surface area contributed by atoms with Gasteiger partial charge in [0.15, 0.2) is 5.84 Å². The number of fused-ring (bicyclic) bond motifs is 2. The molecule has 2 unspecified atom stereocenters. The van der Waals surface area contributed by atoms with E-state index in [-0.39, 0.29) is 11.8 Å². The molecule has 2 aliphatic rings. The van der Waals surface area contributed by atoms with Gasteiger partial charge in [-0.15, -0.1) is 0 Å². The lowest BCUT2D eigenvalue weighted by atomic mass is 9.78. The number of nitrogens with zero attached hydrogens (tertiary/aromatic N) is 2. The first-order chi connectivity index (χ1) is 13.6. The zero-order chi connectivity index (χ0) is 19.3. The highest BCUT2D eigenvalue weighted by Gasteiger charge is 2.43. The molecule has 2 atom stereocenters. The van der Waals surface area contributed by atoms with Gasteiger partial charge in [-0.05, 0) is 30.2 Å². The molecule has 7 heteroatoms. The number of aliphatic imine (C=N–C) groups is 1. The van der Waals surface area contributed by atoms with Crippen molar-refractivity contribution in [1.82, 2.24) is 5.43 Å². The van der Waals surface area contributed by atoms with E-state index in [0.717, 1.165) is 10.9 Å². The predicted molar refractivity (Wildman–Crippen MR) is 107 cm³/mol. The Balaban J connectivity index is 1.66. The highest BCUT2D eigenvalue weighted by atomic mass is 35.5. The summed E-state index contributed by atoms with van der Waals surface area (Å²) in [6.07, 6.45) is 0.379. The molecule has 0 saturated heterocycles. The van der Waals surface area contributed by atoms with Crippen LogP contribution in [0.15, 0.2) is 73.9 Å². The molecule has 6 nitrogen and oxygen atoms in total. The van der Waals surface area contributed by atoms with Gasteiger partial charge in [0.2, 0.25) is 0 Å². The first-order valence-corrected chi connectivity index (χ1v) is 9.22. The van der Waals surface area contributed by atoms with E-state index < -0.39 is 11.5 Å². The maximum atomic E-state index is 12.6. The molecule has 0 aliphatic carbocycles. The number of hydrazone groups is 1. The van der Waals surface area contributed by atoms with E-state index in [9.17, 15) is 9.59 Å². The molecule has 0 radical (unpaired) electrons. The molecule has 0 spiro atoms. The number of hydrogen-bond donors (Lipinski definition) is 1. The number of carbonyl (C=O) groups excluding carboxylic acids is 1. The summed E-state index contributed by atoms with van der Waals surface area (Å²) in [6, 6.07) is 16.5. The molecule has 2 aliphatic heterocycles. The summed E-state index contributed by atoms with van der Waals surface area (Å²) < 4.78 is 5.46. The van der Waals surface area contributed by atoms with Crippen molar-refractivity contribution >= 4 is 40.0 Å². The minimum Gasteiger partial charge on any atom is -0.422 e. The zero-order valence-electron chi connectivity index (χ0n) is 14.6. The number of amides is 1. The Hall–Kier alpha value is -3.25. The summed E-state index contributed by atoms with van der Waals surface area (Å²) in [5.41, 5.74) is 4.28. The van der Waals surface area contributed by atoms with E-state index in [1.54, 1.807) is 18.2 Å². The number of rotatable bonds is 2. The molecule has 3 aromatic rings. The van der Waals surface area contributed by atoms with Crippen molar-refractivity contribution in [2.75, 3.05) is 0 Å². The average Bonchev–Trinajstić information content (AvgIpc) is 3.08. The van der Waals surface area contributed by atoms with Crippen molar-refractivity contribution in [3.05, 3.63) is 81.2 Å². The molecule has 0 saturated carbocycles. The Morgan fingerprint density at radius 2 is 1.86 bits per heavy atom. The number of benzene rings is 2. The quantitative estimate of drug-likeness (QED) is 0.679. The molecule has 1 aromatic heterocycles. The fourth-order valence-electron chi connectivity index (χ4n) is 3.83. The van der Waals surface area contributed by atoms with Crippen LogP contribution in [0.5, 0.6) is 0 Å². The minimum atomic E-state index is -0.531. The minimum absolute atomic E-state index is 0.215. The molecule has 0 bridgehead atoms. The topological polar surface area (TPSA) is 84.0 Å². The number of amidine groups is 1. The van der Waals surface area contributed by atoms with Crippen LogP contribution < -0.4 is 11.1 Å². The van der Waals surface area contributed by atoms with E-state index in [2.05, 4.69) is 15.5 Å². The number of carbonyl (C=O) groups is 1. The van der Waals surface area contributed by atoms with Crippen molar-refractivity contribution in [2.45, 2.75) is 12.3 Å². The van der Waals surface area contributed by atoms with Crippen molar-refractivity contribution in [2.24, 2.45) is 16.0 Å². The molecule has 138 valence electrons. The molecule has 5 rings (SSSR count). The van der Waals surface area contributed by atoms with Gasteiger partial charge in [0.25, 0.3) is 5.91 Å². The van der Waals surface area contributed by atoms with Crippen LogP contribution in [0.25, 0.3) is 11.0 Å². The third-order valence-corrected chi connectivity index (χ3v) is 5.51. The summed E-state index contributed by atoms with van der Waals surface area (Å²) in [5, 5.41) is 5.44. The second-order valence-corrected chi connectivity index (χ2v) is 7.21. The summed E-state index contributed by atoms with van der Waals surface area (Å²) in [5.74, 6) is -0.651. The fourth-order valence-corrected chi connectivity index (χ4v) is 4.11. The number of nitrogens with one attached hydrogen (secondary N) is 1. The Kier molecular flexibility index (Phi) is 3.87. The third-order valence-electron chi connectivity index (χ3n) is 5.16. The zero-order valence-corrected chi connectivity index (χ0v) is 15.3. The lowest BCUT2D eigenvalue weighted by Gasteiger charge is -2.27. The molecule has 0 fully saturated rings. The maximum absolute atomic E-state index is 12.6. The van der Waals surface area contributed by atoms with E-state index >= 15 is 0 Å². The van der Waals surface area contributed by atoms with Gasteiger partial charge in [-0.3, -0.25) is 4.79 Å². The lowest BCUT2D eigenvalue weighted by Crippen LogP contribution is -2.35. The summed E-state index contributed by atoms with van der Waals surface area (Å²) in [4.78, 5) is 29.5. The van der Waals surface area contributed by atoms with Crippen molar-refractivity contribution in [3.8, 4) is 0 Å². The molecule has 1 amide bonds. The molecular formula is C21H14ClN3O3. The van der Waals surface area contributed by atoms with Gasteiger partial charge >= 0.3 is 5.63 Å². The molecular weight excluding hydrogens is 378 g/mol. The van der Waals surface area contributed by atoms with E-state index in [1.807, 2.05) is 36.4 Å². The molecule has 28 heavy (non-hydrogen) atoms. The highest BCUT2D eigenvalue weighted by molar-refractivity contribution is 6.31.